The zero-order valence-corrected chi connectivity index (χ0v) is 21.2. The first-order chi connectivity index (χ1) is 17.9. The Morgan fingerprint density at radius 3 is 2.73 bits per heavy atom. The number of halogens is 3. The van der Waals surface area contributed by atoms with Gasteiger partial charge in [-0.2, -0.15) is 5.21 Å². The molecule has 2 spiro atoms. The minimum atomic E-state index is -1.27. The second-order valence-corrected chi connectivity index (χ2v) is 10.7. The lowest BCUT2D eigenvalue weighted by Crippen LogP contribution is -2.60. The number of carbonyl (C=O) groups excluding carboxylic acids is 2. The SMILES string of the molecule is O=C(NCc1nn[nH]n1)C1NC2(CCCCC2)C2(C(=O)Nc3cc(Cl)ccc32)C1c1cccc(Cl)c1F. The quantitative estimate of drug-likeness (QED) is 0.398. The number of anilines is 1. The summed E-state index contributed by atoms with van der Waals surface area (Å²) >= 11 is 12.5. The van der Waals surface area contributed by atoms with Crippen LogP contribution in [0.2, 0.25) is 10.0 Å². The predicted molar refractivity (Wildman–Crippen MR) is 135 cm³/mol. The van der Waals surface area contributed by atoms with Gasteiger partial charge in [-0.1, -0.05) is 65.9 Å². The molecule has 1 saturated heterocycles. The Kier molecular flexibility index (Phi) is 5.93. The Hall–Kier alpha value is -3.08. The average Bonchev–Trinajstić information content (AvgIpc) is 3.58. The molecule has 0 radical (unpaired) electrons. The molecule has 3 atom stereocenters. The molecule has 1 aromatic heterocycles. The highest BCUT2D eigenvalue weighted by molar-refractivity contribution is 6.31. The lowest BCUT2D eigenvalue weighted by molar-refractivity contribution is -0.124. The topological polar surface area (TPSA) is 125 Å². The monoisotopic (exact) mass is 543 g/mol. The molecule has 3 heterocycles. The molecule has 1 aliphatic carbocycles. The lowest BCUT2D eigenvalue weighted by Gasteiger charge is -2.47. The van der Waals surface area contributed by atoms with Gasteiger partial charge in [-0.3, -0.25) is 14.9 Å². The van der Waals surface area contributed by atoms with Crippen molar-refractivity contribution in [3.8, 4) is 0 Å². The van der Waals surface area contributed by atoms with Gasteiger partial charge in [0.15, 0.2) is 5.82 Å². The molecule has 1 saturated carbocycles. The van der Waals surface area contributed by atoms with Crippen LogP contribution in [-0.4, -0.2) is 44.0 Å². The summed E-state index contributed by atoms with van der Waals surface area (Å²) in [5.41, 5.74) is -0.576. The summed E-state index contributed by atoms with van der Waals surface area (Å²) in [7, 11) is 0. The highest BCUT2D eigenvalue weighted by Gasteiger charge is 2.72. The molecule has 2 aliphatic heterocycles. The van der Waals surface area contributed by atoms with Crippen LogP contribution in [0.25, 0.3) is 0 Å². The van der Waals surface area contributed by atoms with Crippen LogP contribution in [0.1, 0.15) is 55.0 Å². The first kappa shape index (κ1) is 24.3. The number of hydrogen-bond acceptors (Lipinski definition) is 6. The van der Waals surface area contributed by atoms with Gasteiger partial charge in [-0.25, -0.2) is 4.39 Å². The van der Waals surface area contributed by atoms with E-state index in [1.54, 1.807) is 24.3 Å². The van der Waals surface area contributed by atoms with Crippen LogP contribution in [0, 0.1) is 5.82 Å². The van der Waals surface area contributed by atoms with Crippen LogP contribution in [0.15, 0.2) is 36.4 Å². The van der Waals surface area contributed by atoms with Gasteiger partial charge in [0.25, 0.3) is 0 Å². The summed E-state index contributed by atoms with van der Waals surface area (Å²) in [5.74, 6) is -1.91. The van der Waals surface area contributed by atoms with Crippen molar-refractivity contribution in [3.05, 3.63) is 69.2 Å². The summed E-state index contributed by atoms with van der Waals surface area (Å²) in [4.78, 5) is 28.0. The zero-order valence-electron chi connectivity index (χ0n) is 19.7. The van der Waals surface area contributed by atoms with Crippen LogP contribution in [-0.2, 0) is 21.5 Å². The van der Waals surface area contributed by atoms with E-state index in [0.717, 1.165) is 19.3 Å². The van der Waals surface area contributed by atoms with E-state index in [0.29, 0.717) is 34.9 Å². The molecule has 12 heteroatoms. The van der Waals surface area contributed by atoms with Gasteiger partial charge in [0, 0.05) is 22.2 Å². The maximum atomic E-state index is 15.8. The van der Waals surface area contributed by atoms with E-state index in [4.69, 9.17) is 23.2 Å². The summed E-state index contributed by atoms with van der Waals surface area (Å²) in [6.07, 6.45) is 4.05. The second kappa shape index (κ2) is 9.04. The molecule has 2 amide bonds. The number of amides is 2. The van der Waals surface area contributed by atoms with Crippen molar-refractivity contribution in [2.24, 2.45) is 0 Å². The third-order valence-electron chi connectivity index (χ3n) is 8.12. The molecule has 3 aliphatic rings. The van der Waals surface area contributed by atoms with Gasteiger partial charge in [-0.05, 0) is 42.2 Å². The van der Waals surface area contributed by atoms with Gasteiger partial charge < -0.3 is 10.6 Å². The lowest BCUT2D eigenvalue weighted by atomic mass is 9.55. The smallest absolute Gasteiger partial charge is 0.238 e. The van der Waals surface area contributed by atoms with E-state index in [1.165, 1.54) is 6.07 Å². The van der Waals surface area contributed by atoms with Gasteiger partial charge in [0.2, 0.25) is 11.8 Å². The Labute approximate surface area is 221 Å². The van der Waals surface area contributed by atoms with E-state index >= 15 is 4.39 Å². The predicted octanol–water partition coefficient (Wildman–Crippen LogP) is 3.61. The zero-order chi connectivity index (χ0) is 25.8. The van der Waals surface area contributed by atoms with Crippen LogP contribution >= 0.6 is 23.2 Å². The largest absolute Gasteiger partial charge is 0.347 e. The number of nitrogens with zero attached hydrogens (tertiary/aromatic N) is 3. The number of H-pyrrole nitrogens is 1. The minimum Gasteiger partial charge on any atom is -0.347 e. The van der Waals surface area contributed by atoms with Crippen molar-refractivity contribution in [2.75, 3.05) is 5.32 Å². The molecule has 0 bridgehead atoms. The molecule has 2 fully saturated rings. The first-order valence-corrected chi connectivity index (χ1v) is 13.0. The molecule has 3 aromatic rings. The Balaban J connectivity index is 1.56. The fourth-order valence-corrected chi connectivity index (χ4v) is 7.11. The third-order valence-corrected chi connectivity index (χ3v) is 8.64. The number of hydrogen-bond donors (Lipinski definition) is 4. The summed E-state index contributed by atoms with van der Waals surface area (Å²) < 4.78 is 15.8. The van der Waals surface area contributed by atoms with Crippen molar-refractivity contribution in [1.29, 1.82) is 0 Å². The molecular weight excluding hydrogens is 520 g/mol. The first-order valence-electron chi connectivity index (χ1n) is 12.2. The molecule has 4 N–H and O–H groups in total. The van der Waals surface area contributed by atoms with Crippen molar-refractivity contribution in [3.63, 3.8) is 0 Å². The Bertz CT molecular complexity index is 1380. The second-order valence-electron chi connectivity index (χ2n) is 9.88. The van der Waals surface area contributed by atoms with E-state index in [1.807, 2.05) is 6.07 Å². The van der Waals surface area contributed by atoms with Gasteiger partial charge in [0.1, 0.15) is 11.2 Å². The van der Waals surface area contributed by atoms with Crippen LogP contribution < -0.4 is 16.0 Å². The van der Waals surface area contributed by atoms with Gasteiger partial charge in [0.05, 0.1) is 17.6 Å². The van der Waals surface area contributed by atoms with Crippen molar-refractivity contribution >= 4 is 40.7 Å². The molecule has 6 rings (SSSR count). The molecular formula is C25H24Cl2FN7O2. The normalized spacial score (nSPS) is 25.9. The van der Waals surface area contributed by atoms with E-state index < -0.39 is 34.6 Å². The van der Waals surface area contributed by atoms with Gasteiger partial charge >= 0.3 is 0 Å². The maximum Gasteiger partial charge on any atom is 0.238 e. The fraction of sp³-hybridized carbons (Fsp3) is 0.400. The number of tetrazole rings is 1. The van der Waals surface area contributed by atoms with E-state index in [2.05, 4.69) is 36.6 Å². The number of nitrogens with one attached hydrogen (secondary N) is 4. The standard InChI is InChI=1S/C25H24Cl2FN7O2/c26-13-7-8-15-17(11-13)30-23(37)25(15)19(14-5-4-6-16(27)20(14)28)21(31-24(25)9-2-1-3-10-24)22(36)29-12-18-32-34-35-33-18/h4-8,11,19,21,31H,1-3,9-10,12H2,(H,29,36)(H,30,37)(H,32,33,34,35). The molecule has 37 heavy (non-hydrogen) atoms. The highest BCUT2D eigenvalue weighted by atomic mass is 35.5. The van der Waals surface area contributed by atoms with Crippen molar-refractivity contribution in [1.82, 2.24) is 31.3 Å². The van der Waals surface area contributed by atoms with Crippen LogP contribution in [0.3, 0.4) is 0 Å². The number of aromatic amines is 1. The van der Waals surface area contributed by atoms with E-state index in [9.17, 15) is 9.59 Å². The number of aromatic nitrogens is 4. The summed E-state index contributed by atoms with van der Waals surface area (Å²) in [5, 5.41) is 23.5. The summed E-state index contributed by atoms with van der Waals surface area (Å²) in [6, 6.07) is 9.03. The minimum absolute atomic E-state index is 0.0245. The molecule has 3 unspecified atom stereocenters. The van der Waals surface area contributed by atoms with Crippen molar-refractivity contribution in [2.45, 2.75) is 61.6 Å². The van der Waals surface area contributed by atoms with E-state index in [-0.39, 0.29) is 23.0 Å². The Morgan fingerprint density at radius 1 is 1.16 bits per heavy atom. The number of carbonyl (C=O) groups is 2. The average molecular weight is 544 g/mol. The molecule has 9 nitrogen and oxygen atoms in total. The molecule has 192 valence electrons. The van der Waals surface area contributed by atoms with Crippen LogP contribution in [0.5, 0.6) is 0 Å². The number of rotatable bonds is 4. The van der Waals surface area contributed by atoms with Crippen molar-refractivity contribution < 1.29 is 14.0 Å². The number of benzene rings is 2. The number of fused-ring (bicyclic) bond motifs is 3. The maximum absolute atomic E-state index is 15.8. The fourth-order valence-electron chi connectivity index (χ4n) is 6.75. The van der Waals surface area contributed by atoms with Gasteiger partial charge in [-0.15, -0.1) is 10.2 Å². The summed E-state index contributed by atoms with van der Waals surface area (Å²) in [6.45, 7) is 0.0245. The third kappa shape index (κ3) is 3.57. The Morgan fingerprint density at radius 2 is 1.97 bits per heavy atom. The highest BCUT2D eigenvalue weighted by Crippen LogP contribution is 2.62. The molecule has 2 aromatic carbocycles. The van der Waals surface area contributed by atoms with Crippen LogP contribution in [0.4, 0.5) is 10.1 Å².